The van der Waals surface area contributed by atoms with Gasteiger partial charge in [-0.3, -0.25) is 5.10 Å². The number of fused-ring (bicyclic) bond motifs is 3. The van der Waals surface area contributed by atoms with E-state index in [9.17, 15) is 0 Å². The Hall–Kier alpha value is -1.39. The number of aromatic amines is 1. The second-order valence-corrected chi connectivity index (χ2v) is 6.12. The molecule has 2 fully saturated rings. The molecule has 2 aliphatic rings. The van der Waals surface area contributed by atoms with Crippen LogP contribution in [0, 0.1) is 11.8 Å². The van der Waals surface area contributed by atoms with Crippen molar-refractivity contribution < 1.29 is 4.74 Å². The van der Waals surface area contributed by atoms with Crippen LogP contribution in [0.3, 0.4) is 0 Å². The molecule has 1 aromatic heterocycles. The van der Waals surface area contributed by atoms with Crippen LogP contribution in [0.4, 0.5) is 0 Å². The summed E-state index contributed by atoms with van der Waals surface area (Å²) in [4.78, 5) is 0. The highest BCUT2D eigenvalue weighted by molar-refractivity contribution is 5.82. The first kappa shape index (κ1) is 12.4. The lowest BCUT2D eigenvalue weighted by Gasteiger charge is -2.52. The minimum absolute atomic E-state index is 0.146. The summed E-state index contributed by atoms with van der Waals surface area (Å²) in [6, 6.07) is 6.44. The molecule has 2 N–H and O–H groups in total. The molecule has 106 valence electrons. The Morgan fingerprint density at radius 2 is 2.05 bits per heavy atom. The summed E-state index contributed by atoms with van der Waals surface area (Å²) in [5.74, 6) is 1.11. The van der Waals surface area contributed by atoms with Gasteiger partial charge in [-0.15, -0.1) is 0 Å². The largest absolute Gasteiger partial charge is 0.373 e. The van der Waals surface area contributed by atoms with Crippen molar-refractivity contribution >= 4 is 10.9 Å². The highest BCUT2D eigenvalue weighted by Gasteiger charge is 2.51. The van der Waals surface area contributed by atoms with Crippen molar-refractivity contribution in [2.45, 2.75) is 24.9 Å². The zero-order valence-electron chi connectivity index (χ0n) is 11.9. The van der Waals surface area contributed by atoms with E-state index >= 15 is 0 Å². The molecular formula is C16H21N3O. The number of ether oxygens (including phenoxy) is 1. The van der Waals surface area contributed by atoms with Gasteiger partial charge < -0.3 is 10.1 Å². The van der Waals surface area contributed by atoms with Gasteiger partial charge in [0, 0.05) is 37.4 Å². The van der Waals surface area contributed by atoms with Crippen LogP contribution in [0.25, 0.3) is 10.9 Å². The average Bonchev–Trinajstić information content (AvgIpc) is 2.94. The first-order chi connectivity index (χ1) is 9.86. The van der Waals surface area contributed by atoms with Crippen LogP contribution in [0.15, 0.2) is 24.4 Å². The fraction of sp³-hybridized carbons (Fsp3) is 0.562. The third kappa shape index (κ3) is 1.52. The highest BCUT2D eigenvalue weighted by atomic mass is 16.5. The Morgan fingerprint density at radius 3 is 2.80 bits per heavy atom. The van der Waals surface area contributed by atoms with Crippen LogP contribution in [0.5, 0.6) is 0 Å². The lowest BCUT2D eigenvalue weighted by atomic mass is 9.62. The standard InChI is InChI=1S/C16H21N3O/c1-20-16(11-4-2-5-12(16)9-17-8-11)14-6-3-7-15-13(14)10-18-19-15/h3,6-7,10-12,17H,2,4-5,8-9H2,1H3,(H,18,19). The molecule has 0 spiro atoms. The number of aromatic nitrogens is 2. The first-order valence-corrected chi connectivity index (χ1v) is 7.54. The van der Waals surface area contributed by atoms with Crippen LogP contribution < -0.4 is 5.32 Å². The normalized spacial score (nSPS) is 33.5. The van der Waals surface area contributed by atoms with Crippen molar-refractivity contribution in [3.63, 3.8) is 0 Å². The summed E-state index contributed by atoms with van der Waals surface area (Å²) >= 11 is 0. The molecule has 4 nitrogen and oxygen atoms in total. The molecule has 2 heterocycles. The van der Waals surface area contributed by atoms with Gasteiger partial charge in [0.25, 0.3) is 0 Å². The van der Waals surface area contributed by atoms with Gasteiger partial charge in [-0.1, -0.05) is 18.6 Å². The minimum atomic E-state index is -0.146. The summed E-state index contributed by atoms with van der Waals surface area (Å²) < 4.78 is 6.23. The number of benzene rings is 1. The Labute approximate surface area is 118 Å². The van der Waals surface area contributed by atoms with Gasteiger partial charge in [0.05, 0.1) is 11.7 Å². The summed E-state index contributed by atoms with van der Waals surface area (Å²) in [7, 11) is 1.88. The number of hydrogen-bond donors (Lipinski definition) is 2. The molecule has 2 bridgehead atoms. The molecule has 1 aromatic carbocycles. The second kappa shape index (κ2) is 4.57. The Bertz CT molecular complexity index is 599. The smallest absolute Gasteiger partial charge is 0.101 e. The van der Waals surface area contributed by atoms with Crippen LogP contribution in [-0.2, 0) is 10.3 Å². The van der Waals surface area contributed by atoms with E-state index in [2.05, 4.69) is 33.7 Å². The molecule has 4 rings (SSSR count). The fourth-order valence-corrected chi connectivity index (χ4v) is 4.50. The Morgan fingerprint density at radius 1 is 1.25 bits per heavy atom. The van der Waals surface area contributed by atoms with E-state index in [1.54, 1.807) is 0 Å². The summed E-state index contributed by atoms with van der Waals surface area (Å²) in [6.45, 7) is 2.11. The van der Waals surface area contributed by atoms with Crippen molar-refractivity contribution in [2.24, 2.45) is 11.8 Å². The highest BCUT2D eigenvalue weighted by Crippen LogP contribution is 2.51. The van der Waals surface area contributed by atoms with Crippen LogP contribution in [0.2, 0.25) is 0 Å². The summed E-state index contributed by atoms with van der Waals surface area (Å²) in [6.07, 6.45) is 5.75. The number of methoxy groups -OCH3 is 1. The number of nitrogens with one attached hydrogen (secondary N) is 2. The molecule has 0 radical (unpaired) electrons. The minimum Gasteiger partial charge on any atom is -0.373 e. The topological polar surface area (TPSA) is 49.9 Å². The third-order valence-corrected chi connectivity index (χ3v) is 5.34. The molecule has 1 aliphatic carbocycles. The van der Waals surface area contributed by atoms with E-state index in [4.69, 9.17) is 4.74 Å². The fourth-order valence-electron chi connectivity index (χ4n) is 4.50. The zero-order valence-corrected chi connectivity index (χ0v) is 11.9. The van der Waals surface area contributed by atoms with Crippen molar-refractivity contribution in [1.29, 1.82) is 0 Å². The molecule has 4 heteroatoms. The van der Waals surface area contributed by atoms with E-state index in [0.29, 0.717) is 11.8 Å². The van der Waals surface area contributed by atoms with Gasteiger partial charge in [0.1, 0.15) is 5.60 Å². The maximum Gasteiger partial charge on any atom is 0.101 e. The summed E-state index contributed by atoms with van der Waals surface area (Å²) in [5, 5.41) is 12.1. The predicted molar refractivity (Wildman–Crippen MR) is 78.5 cm³/mol. The Kier molecular flexibility index (Phi) is 2.82. The van der Waals surface area contributed by atoms with Crippen LogP contribution in [0.1, 0.15) is 24.8 Å². The van der Waals surface area contributed by atoms with Gasteiger partial charge in [-0.2, -0.15) is 5.10 Å². The van der Waals surface area contributed by atoms with Crippen molar-refractivity contribution in [1.82, 2.24) is 15.5 Å². The first-order valence-electron chi connectivity index (χ1n) is 7.54. The molecule has 1 aliphatic heterocycles. The molecule has 2 atom stereocenters. The van der Waals surface area contributed by atoms with E-state index in [0.717, 1.165) is 18.6 Å². The van der Waals surface area contributed by atoms with Gasteiger partial charge >= 0.3 is 0 Å². The van der Waals surface area contributed by atoms with Crippen molar-refractivity contribution in [3.05, 3.63) is 30.0 Å². The number of hydrogen-bond acceptors (Lipinski definition) is 3. The quantitative estimate of drug-likeness (QED) is 0.882. The zero-order chi connectivity index (χ0) is 13.6. The lowest BCUT2D eigenvalue weighted by molar-refractivity contribution is -0.143. The third-order valence-electron chi connectivity index (χ3n) is 5.34. The second-order valence-electron chi connectivity index (χ2n) is 6.12. The Balaban J connectivity index is 1.94. The van der Waals surface area contributed by atoms with Gasteiger partial charge in [0.15, 0.2) is 0 Å². The predicted octanol–water partition coefficient (Wildman–Crippen LogP) is 2.42. The van der Waals surface area contributed by atoms with E-state index < -0.39 is 0 Å². The van der Waals surface area contributed by atoms with E-state index in [1.807, 2.05) is 13.3 Å². The maximum absolute atomic E-state index is 6.23. The SMILES string of the molecule is COC1(c2cccc3[nH]ncc23)C2CCCC1CNC2. The van der Waals surface area contributed by atoms with Gasteiger partial charge in [0.2, 0.25) is 0 Å². The average molecular weight is 271 g/mol. The molecule has 0 amide bonds. The number of nitrogens with zero attached hydrogens (tertiary/aromatic N) is 1. The molecular weight excluding hydrogens is 250 g/mol. The van der Waals surface area contributed by atoms with Gasteiger partial charge in [-0.05, 0) is 24.5 Å². The van der Waals surface area contributed by atoms with E-state index in [1.165, 1.54) is 30.2 Å². The molecule has 1 saturated carbocycles. The molecule has 1 saturated heterocycles. The van der Waals surface area contributed by atoms with E-state index in [-0.39, 0.29) is 5.60 Å². The molecule has 2 unspecified atom stereocenters. The summed E-state index contributed by atoms with van der Waals surface area (Å²) in [5.41, 5.74) is 2.28. The lowest BCUT2D eigenvalue weighted by Crippen LogP contribution is -2.57. The molecule has 2 aromatic rings. The van der Waals surface area contributed by atoms with Gasteiger partial charge in [-0.25, -0.2) is 0 Å². The number of rotatable bonds is 2. The van der Waals surface area contributed by atoms with Crippen LogP contribution >= 0.6 is 0 Å². The molecule has 20 heavy (non-hydrogen) atoms. The number of piperidine rings is 1. The number of H-pyrrole nitrogens is 1. The monoisotopic (exact) mass is 271 g/mol. The maximum atomic E-state index is 6.23. The van der Waals surface area contributed by atoms with Crippen molar-refractivity contribution in [3.8, 4) is 0 Å². The van der Waals surface area contributed by atoms with Crippen LogP contribution in [-0.4, -0.2) is 30.4 Å². The van der Waals surface area contributed by atoms with Crippen molar-refractivity contribution in [2.75, 3.05) is 20.2 Å².